The van der Waals surface area contributed by atoms with Crippen molar-refractivity contribution >= 4 is 17.6 Å². The average molecular weight is 193 g/mol. The molecular weight excluding hydrogens is 180 g/mol. The van der Waals surface area contributed by atoms with Crippen LogP contribution in [0.1, 0.15) is 6.42 Å². The van der Waals surface area contributed by atoms with E-state index in [0.717, 1.165) is 6.08 Å². The van der Waals surface area contributed by atoms with E-state index >= 15 is 0 Å². The van der Waals surface area contributed by atoms with Crippen LogP contribution in [0.25, 0.3) is 0 Å². The first-order valence-electron chi connectivity index (χ1n) is 3.34. The van der Waals surface area contributed by atoms with Gasteiger partial charge < -0.3 is 9.84 Å². The summed E-state index contributed by atoms with van der Waals surface area (Å²) in [5, 5.41) is 8.23. The average Bonchev–Trinajstić information content (AvgIpc) is 2.06. The van der Waals surface area contributed by atoms with E-state index in [4.69, 9.17) is 16.7 Å². The molecule has 0 fully saturated rings. The maximum Gasteiger partial charge on any atom is 0.330 e. The number of aliphatic hydroxyl groups is 1. The van der Waals surface area contributed by atoms with Crippen LogP contribution in [-0.4, -0.2) is 24.3 Å². The number of carbonyl (C=O) groups is 1. The van der Waals surface area contributed by atoms with Gasteiger partial charge in [0.2, 0.25) is 0 Å². The Bertz CT molecular complexity index is 134. The molecule has 0 unspecified atom stereocenters. The predicted molar refractivity (Wildman–Crippen MR) is 48.9 cm³/mol. The van der Waals surface area contributed by atoms with Crippen LogP contribution in [0.3, 0.4) is 0 Å². The van der Waals surface area contributed by atoms with Gasteiger partial charge in [0.05, 0.1) is 6.61 Å². The molecule has 12 heavy (non-hydrogen) atoms. The molecule has 70 valence electrons. The molecule has 0 saturated heterocycles. The van der Waals surface area contributed by atoms with E-state index in [0.29, 0.717) is 6.42 Å². The molecule has 3 nitrogen and oxygen atoms in total. The van der Waals surface area contributed by atoms with Crippen molar-refractivity contribution in [1.82, 2.24) is 0 Å². The molecular formula is C8H13ClO3. The first-order valence-corrected chi connectivity index (χ1v) is 3.77. The first kappa shape index (κ1) is 13.8. The Hall–Kier alpha value is -0.800. The van der Waals surface area contributed by atoms with Gasteiger partial charge in [0, 0.05) is 19.1 Å². The Labute approximate surface area is 77.3 Å². The summed E-state index contributed by atoms with van der Waals surface area (Å²) in [5.74, 6) is -0.441. The van der Waals surface area contributed by atoms with Crippen molar-refractivity contribution in [2.75, 3.05) is 13.2 Å². The fraction of sp³-hybridized carbons (Fsp3) is 0.375. The van der Waals surface area contributed by atoms with Crippen molar-refractivity contribution in [3.63, 3.8) is 0 Å². The summed E-state index contributed by atoms with van der Waals surface area (Å²) in [6.07, 6.45) is 1.58. The van der Waals surface area contributed by atoms with Crippen LogP contribution in [-0.2, 0) is 9.53 Å². The second-order valence-corrected chi connectivity index (χ2v) is 1.91. The van der Waals surface area contributed by atoms with Crippen molar-refractivity contribution < 1.29 is 14.6 Å². The van der Waals surface area contributed by atoms with Crippen LogP contribution < -0.4 is 0 Å². The van der Waals surface area contributed by atoms with Crippen LogP contribution in [0.4, 0.5) is 0 Å². The zero-order chi connectivity index (χ0) is 9.82. The van der Waals surface area contributed by atoms with Crippen LogP contribution >= 0.6 is 11.6 Å². The highest BCUT2D eigenvalue weighted by molar-refractivity contribution is 6.25. The van der Waals surface area contributed by atoms with E-state index in [2.05, 4.69) is 17.9 Å². The molecule has 0 aromatic carbocycles. The quantitative estimate of drug-likeness (QED) is 0.417. The number of halogens is 1. The number of hydrogen-bond acceptors (Lipinski definition) is 3. The Balaban J connectivity index is 0. The lowest BCUT2D eigenvalue weighted by atomic mass is 10.5. The lowest BCUT2D eigenvalue weighted by Gasteiger charge is -1.96. The molecule has 0 atom stereocenters. The third-order valence-corrected chi connectivity index (χ3v) is 0.713. The summed E-state index contributed by atoms with van der Waals surface area (Å²) >= 11 is 4.76. The maximum atomic E-state index is 10.3. The first-order chi connectivity index (χ1) is 5.72. The van der Waals surface area contributed by atoms with Gasteiger partial charge >= 0.3 is 5.97 Å². The van der Waals surface area contributed by atoms with E-state index in [1.54, 1.807) is 0 Å². The second kappa shape index (κ2) is 12.8. The second-order valence-electron chi connectivity index (χ2n) is 1.60. The van der Waals surface area contributed by atoms with Crippen LogP contribution in [0, 0.1) is 0 Å². The van der Waals surface area contributed by atoms with E-state index in [1.807, 2.05) is 0 Å². The SMILES string of the molecule is C=CC(=O)OCCCO.C=CCl. The molecule has 0 radical (unpaired) electrons. The molecule has 4 heteroatoms. The van der Waals surface area contributed by atoms with Gasteiger partial charge in [-0.1, -0.05) is 24.8 Å². The molecule has 0 amide bonds. The van der Waals surface area contributed by atoms with E-state index in [-0.39, 0.29) is 13.2 Å². The fourth-order valence-electron chi connectivity index (χ4n) is 0.296. The van der Waals surface area contributed by atoms with Gasteiger partial charge in [-0.15, -0.1) is 0 Å². The van der Waals surface area contributed by atoms with Gasteiger partial charge in [-0.25, -0.2) is 4.79 Å². The molecule has 0 spiro atoms. The normalized spacial score (nSPS) is 7.50. The van der Waals surface area contributed by atoms with E-state index in [1.165, 1.54) is 5.54 Å². The molecule has 0 heterocycles. The molecule has 0 aliphatic heterocycles. The van der Waals surface area contributed by atoms with Gasteiger partial charge in [0.25, 0.3) is 0 Å². The van der Waals surface area contributed by atoms with Gasteiger partial charge in [0.15, 0.2) is 0 Å². The van der Waals surface area contributed by atoms with Crippen molar-refractivity contribution in [3.05, 3.63) is 24.8 Å². The highest BCUT2D eigenvalue weighted by Crippen LogP contribution is 1.82. The number of aliphatic hydroxyl groups excluding tert-OH is 1. The Morgan fingerprint density at radius 2 is 2.08 bits per heavy atom. The molecule has 0 saturated carbocycles. The summed E-state index contributed by atoms with van der Waals surface area (Å²) in [4.78, 5) is 10.3. The summed E-state index contributed by atoms with van der Waals surface area (Å²) in [7, 11) is 0. The van der Waals surface area contributed by atoms with Crippen molar-refractivity contribution in [2.45, 2.75) is 6.42 Å². The summed E-state index contributed by atoms with van der Waals surface area (Å²) in [6.45, 7) is 6.64. The molecule has 1 N–H and O–H groups in total. The Morgan fingerprint density at radius 1 is 1.58 bits per heavy atom. The van der Waals surface area contributed by atoms with Gasteiger partial charge in [-0.2, -0.15) is 0 Å². The number of hydrogen-bond donors (Lipinski definition) is 1. The Kier molecular flexibility index (Phi) is 14.7. The highest BCUT2D eigenvalue weighted by atomic mass is 35.5. The maximum absolute atomic E-state index is 10.3. The number of ether oxygens (including phenoxy) is 1. The zero-order valence-electron chi connectivity index (χ0n) is 6.83. The molecule has 0 rings (SSSR count). The number of rotatable bonds is 4. The smallest absolute Gasteiger partial charge is 0.330 e. The fourth-order valence-corrected chi connectivity index (χ4v) is 0.296. The lowest BCUT2D eigenvalue weighted by molar-refractivity contribution is -0.137. The Morgan fingerprint density at radius 3 is 2.42 bits per heavy atom. The summed E-state index contributed by atoms with van der Waals surface area (Å²) in [6, 6.07) is 0. The number of carbonyl (C=O) groups excluding carboxylic acids is 1. The van der Waals surface area contributed by atoms with Gasteiger partial charge in [-0.3, -0.25) is 0 Å². The number of esters is 1. The van der Waals surface area contributed by atoms with E-state index < -0.39 is 5.97 Å². The third-order valence-electron chi connectivity index (χ3n) is 0.713. The standard InChI is InChI=1S/C6H10O3.C2H3Cl/c1-2-6(8)9-5-3-4-7;1-2-3/h2,7H,1,3-5H2;2H,1H2. The third kappa shape index (κ3) is 16.1. The van der Waals surface area contributed by atoms with Crippen molar-refractivity contribution in [1.29, 1.82) is 0 Å². The van der Waals surface area contributed by atoms with Crippen molar-refractivity contribution in [3.8, 4) is 0 Å². The van der Waals surface area contributed by atoms with Crippen LogP contribution in [0.15, 0.2) is 24.8 Å². The topological polar surface area (TPSA) is 46.5 Å². The molecule has 0 bridgehead atoms. The summed E-state index contributed by atoms with van der Waals surface area (Å²) in [5.41, 5.74) is 1.22. The molecule has 0 aliphatic rings. The lowest BCUT2D eigenvalue weighted by Crippen LogP contribution is -2.02. The largest absolute Gasteiger partial charge is 0.462 e. The van der Waals surface area contributed by atoms with Gasteiger partial charge in [-0.05, 0) is 5.54 Å². The minimum atomic E-state index is -0.441. The predicted octanol–water partition coefficient (Wildman–Crippen LogP) is 1.47. The molecule has 0 aromatic heterocycles. The molecule has 0 aromatic rings. The minimum Gasteiger partial charge on any atom is -0.462 e. The van der Waals surface area contributed by atoms with Gasteiger partial charge in [0.1, 0.15) is 0 Å². The zero-order valence-corrected chi connectivity index (χ0v) is 7.59. The monoisotopic (exact) mass is 192 g/mol. The minimum absolute atomic E-state index is 0.0461. The van der Waals surface area contributed by atoms with E-state index in [9.17, 15) is 4.79 Å². The highest BCUT2D eigenvalue weighted by Gasteiger charge is 1.91. The summed E-state index contributed by atoms with van der Waals surface area (Å²) < 4.78 is 4.51. The van der Waals surface area contributed by atoms with Crippen molar-refractivity contribution in [2.24, 2.45) is 0 Å². The van der Waals surface area contributed by atoms with Crippen LogP contribution in [0.2, 0.25) is 0 Å². The molecule has 0 aliphatic carbocycles. The van der Waals surface area contributed by atoms with Crippen LogP contribution in [0.5, 0.6) is 0 Å².